The van der Waals surface area contributed by atoms with Gasteiger partial charge in [-0.05, 0) is 46.7 Å². The summed E-state index contributed by atoms with van der Waals surface area (Å²) in [6.45, 7) is 2.16. The van der Waals surface area contributed by atoms with Crippen molar-refractivity contribution < 1.29 is 0 Å². The zero-order chi connectivity index (χ0) is 10.9. The zero-order valence-electron chi connectivity index (χ0n) is 8.86. The van der Waals surface area contributed by atoms with E-state index in [0.29, 0.717) is 0 Å². The third kappa shape index (κ3) is 5.57. The first-order chi connectivity index (χ1) is 7.33. The van der Waals surface area contributed by atoms with E-state index in [-0.39, 0.29) is 0 Å². The molecule has 0 saturated carbocycles. The van der Waals surface area contributed by atoms with Crippen LogP contribution in [0.2, 0.25) is 0 Å². The van der Waals surface area contributed by atoms with E-state index < -0.39 is 0 Å². The van der Waals surface area contributed by atoms with Gasteiger partial charge in [0, 0.05) is 3.57 Å². The molecule has 0 spiro atoms. The zero-order valence-corrected chi connectivity index (χ0v) is 11.0. The van der Waals surface area contributed by atoms with Crippen molar-refractivity contribution >= 4 is 22.6 Å². The quantitative estimate of drug-likeness (QED) is 0.678. The Balaban J connectivity index is 0.000000151. The first kappa shape index (κ1) is 12.2. The van der Waals surface area contributed by atoms with Crippen LogP contribution in [-0.4, -0.2) is 0 Å². The molecule has 0 saturated heterocycles. The lowest BCUT2D eigenvalue weighted by atomic mass is 10.2. The summed E-state index contributed by atoms with van der Waals surface area (Å²) >= 11 is 2.28. The topological polar surface area (TPSA) is 0 Å². The standard InChI is InChI=1S/C8H10.C6H5I/c1-2-8-6-4-3-5-7-8;7-6-4-2-1-3-5-6/h3-7H,2H2,1H3;1-5H. The highest BCUT2D eigenvalue weighted by Gasteiger charge is 1.80. The maximum absolute atomic E-state index is 2.28. The summed E-state index contributed by atoms with van der Waals surface area (Å²) in [6.07, 6.45) is 1.14. The molecule has 0 amide bonds. The van der Waals surface area contributed by atoms with Gasteiger partial charge in [0.25, 0.3) is 0 Å². The molecule has 2 rings (SSSR count). The minimum absolute atomic E-state index is 1.14. The number of rotatable bonds is 1. The molecular weight excluding hydrogens is 295 g/mol. The molecule has 0 aromatic heterocycles. The number of hydrogen-bond donors (Lipinski definition) is 0. The van der Waals surface area contributed by atoms with Gasteiger partial charge >= 0.3 is 0 Å². The third-order valence-electron chi connectivity index (χ3n) is 1.98. The Morgan fingerprint density at radius 2 is 1.27 bits per heavy atom. The Hall–Kier alpha value is -0.830. The van der Waals surface area contributed by atoms with Crippen LogP contribution < -0.4 is 0 Å². The van der Waals surface area contributed by atoms with E-state index in [1.165, 1.54) is 9.13 Å². The number of halogens is 1. The summed E-state index contributed by atoms with van der Waals surface area (Å²) in [4.78, 5) is 0. The van der Waals surface area contributed by atoms with Crippen molar-refractivity contribution in [3.63, 3.8) is 0 Å². The minimum Gasteiger partial charge on any atom is -0.0622 e. The van der Waals surface area contributed by atoms with Crippen LogP contribution in [0, 0.1) is 3.57 Å². The predicted octanol–water partition coefficient (Wildman–Crippen LogP) is 4.54. The van der Waals surface area contributed by atoms with Gasteiger partial charge in [0.15, 0.2) is 0 Å². The van der Waals surface area contributed by atoms with E-state index in [9.17, 15) is 0 Å². The van der Waals surface area contributed by atoms with E-state index in [1.54, 1.807) is 0 Å². The summed E-state index contributed by atoms with van der Waals surface area (Å²) in [5.74, 6) is 0. The summed E-state index contributed by atoms with van der Waals surface area (Å²) in [7, 11) is 0. The summed E-state index contributed by atoms with van der Waals surface area (Å²) in [6, 6.07) is 20.7. The van der Waals surface area contributed by atoms with Crippen molar-refractivity contribution in [2.75, 3.05) is 0 Å². The monoisotopic (exact) mass is 310 g/mol. The lowest BCUT2D eigenvalue weighted by molar-refractivity contribution is 1.14. The normalized spacial score (nSPS) is 8.93. The first-order valence-electron chi connectivity index (χ1n) is 5.07. The van der Waals surface area contributed by atoms with Crippen molar-refractivity contribution in [3.8, 4) is 0 Å². The maximum Gasteiger partial charge on any atom is 0.0130 e. The highest BCUT2D eigenvalue weighted by molar-refractivity contribution is 14.1. The molecule has 0 N–H and O–H groups in total. The molecule has 2 aromatic carbocycles. The van der Waals surface area contributed by atoms with Gasteiger partial charge < -0.3 is 0 Å². The molecular formula is C14H15I. The van der Waals surface area contributed by atoms with E-state index >= 15 is 0 Å². The SMILES string of the molecule is CCc1ccccc1.Ic1ccccc1. The van der Waals surface area contributed by atoms with E-state index in [2.05, 4.69) is 65.9 Å². The molecule has 0 bridgehead atoms. The van der Waals surface area contributed by atoms with Crippen LogP contribution in [-0.2, 0) is 6.42 Å². The molecule has 0 fully saturated rings. The van der Waals surface area contributed by atoms with Crippen LogP contribution in [0.15, 0.2) is 60.7 Å². The highest BCUT2D eigenvalue weighted by atomic mass is 127. The van der Waals surface area contributed by atoms with Gasteiger partial charge in [-0.1, -0.05) is 55.5 Å². The van der Waals surface area contributed by atoms with E-state index in [1.807, 2.05) is 24.3 Å². The van der Waals surface area contributed by atoms with E-state index in [0.717, 1.165) is 6.42 Å². The molecule has 1 heteroatoms. The first-order valence-corrected chi connectivity index (χ1v) is 6.15. The lowest BCUT2D eigenvalue weighted by Gasteiger charge is -1.89. The molecule has 0 aliphatic heterocycles. The molecule has 0 aliphatic carbocycles. The average molecular weight is 310 g/mol. The lowest BCUT2D eigenvalue weighted by Crippen LogP contribution is -1.73. The summed E-state index contributed by atoms with van der Waals surface area (Å²) < 4.78 is 1.29. The molecule has 0 aliphatic rings. The average Bonchev–Trinajstić information content (AvgIpc) is 2.32. The molecule has 0 unspecified atom stereocenters. The second-order valence-corrected chi connectivity index (χ2v) is 4.38. The Morgan fingerprint density at radius 3 is 1.53 bits per heavy atom. The molecule has 15 heavy (non-hydrogen) atoms. The minimum atomic E-state index is 1.14. The van der Waals surface area contributed by atoms with Crippen LogP contribution in [0.25, 0.3) is 0 Å². The highest BCUT2D eigenvalue weighted by Crippen LogP contribution is 2.00. The van der Waals surface area contributed by atoms with Gasteiger partial charge in [0.1, 0.15) is 0 Å². The van der Waals surface area contributed by atoms with Gasteiger partial charge in [0.05, 0.1) is 0 Å². The predicted molar refractivity (Wildman–Crippen MR) is 75.0 cm³/mol. The fraction of sp³-hybridized carbons (Fsp3) is 0.143. The Bertz CT molecular complexity index is 354. The number of aryl methyl sites for hydroxylation is 1. The smallest absolute Gasteiger partial charge is 0.0130 e. The van der Waals surface area contributed by atoms with Gasteiger partial charge in [-0.2, -0.15) is 0 Å². The second-order valence-electron chi connectivity index (χ2n) is 3.13. The van der Waals surface area contributed by atoms with Crippen LogP contribution in [0.1, 0.15) is 12.5 Å². The Morgan fingerprint density at radius 1 is 0.800 bits per heavy atom. The largest absolute Gasteiger partial charge is 0.0622 e. The fourth-order valence-electron chi connectivity index (χ4n) is 1.13. The van der Waals surface area contributed by atoms with Gasteiger partial charge in [-0.25, -0.2) is 0 Å². The number of benzene rings is 2. The van der Waals surface area contributed by atoms with Crippen molar-refractivity contribution in [1.82, 2.24) is 0 Å². The van der Waals surface area contributed by atoms with Crippen molar-refractivity contribution in [2.24, 2.45) is 0 Å². The third-order valence-corrected chi connectivity index (χ3v) is 2.70. The molecule has 0 nitrogen and oxygen atoms in total. The molecule has 78 valence electrons. The van der Waals surface area contributed by atoms with Gasteiger partial charge in [-0.15, -0.1) is 0 Å². The fourth-order valence-corrected chi connectivity index (χ4v) is 1.54. The van der Waals surface area contributed by atoms with Crippen LogP contribution in [0.5, 0.6) is 0 Å². The van der Waals surface area contributed by atoms with Crippen molar-refractivity contribution in [3.05, 3.63) is 69.8 Å². The van der Waals surface area contributed by atoms with Gasteiger partial charge in [0.2, 0.25) is 0 Å². The molecule has 2 aromatic rings. The second kappa shape index (κ2) is 7.46. The molecule has 0 heterocycles. The number of hydrogen-bond acceptors (Lipinski definition) is 0. The van der Waals surface area contributed by atoms with E-state index in [4.69, 9.17) is 0 Å². The maximum atomic E-state index is 2.28. The van der Waals surface area contributed by atoms with Crippen LogP contribution in [0.3, 0.4) is 0 Å². The van der Waals surface area contributed by atoms with Crippen LogP contribution >= 0.6 is 22.6 Å². The summed E-state index contributed by atoms with van der Waals surface area (Å²) in [5.41, 5.74) is 1.41. The molecule has 0 radical (unpaired) electrons. The summed E-state index contributed by atoms with van der Waals surface area (Å²) in [5, 5.41) is 0. The van der Waals surface area contributed by atoms with Crippen LogP contribution in [0.4, 0.5) is 0 Å². The Kier molecular flexibility index (Phi) is 6.09. The van der Waals surface area contributed by atoms with Gasteiger partial charge in [-0.3, -0.25) is 0 Å². The van der Waals surface area contributed by atoms with Crippen molar-refractivity contribution in [1.29, 1.82) is 0 Å². The Labute approximate surface area is 105 Å². The molecule has 0 atom stereocenters. The van der Waals surface area contributed by atoms with Crippen molar-refractivity contribution in [2.45, 2.75) is 13.3 Å².